The van der Waals surface area contributed by atoms with Crippen LogP contribution in [-0.2, 0) is 14.3 Å². The molecule has 1 amide bonds. The molecule has 0 aromatic carbocycles. The number of ether oxygens (including phenoxy) is 1. The zero-order valence-electron chi connectivity index (χ0n) is 9.39. The third kappa shape index (κ3) is 2.04. The molecule has 0 spiro atoms. The zero-order chi connectivity index (χ0) is 11.7. The highest BCUT2D eigenvalue weighted by molar-refractivity contribution is 5.86. The Bertz CT molecular complexity index is 298. The monoisotopic (exact) mass is 227 g/mol. The molecule has 16 heavy (non-hydrogen) atoms. The molecular weight excluding hydrogens is 210 g/mol. The second kappa shape index (κ2) is 4.41. The van der Waals surface area contributed by atoms with Crippen molar-refractivity contribution in [2.75, 3.05) is 13.2 Å². The van der Waals surface area contributed by atoms with Crippen molar-refractivity contribution in [2.24, 2.45) is 5.92 Å². The molecule has 2 rings (SSSR count). The number of carbonyl (C=O) groups is 2. The molecule has 5 heteroatoms. The SMILES string of the molecule is CC1C(C(=O)O)CC(=O)N1CC1CCCO1. The molecule has 3 atom stereocenters. The van der Waals surface area contributed by atoms with Crippen LogP contribution in [0.5, 0.6) is 0 Å². The number of hydrogen-bond acceptors (Lipinski definition) is 3. The lowest BCUT2D eigenvalue weighted by Gasteiger charge is -2.25. The van der Waals surface area contributed by atoms with Crippen molar-refractivity contribution in [3.63, 3.8) is 0 Å². The Morgan fingerprint density at radius 1 is 1.62 bits per heavy atom. The van der Waals surface area contributed by atoms with E-state index in [-0.39, 0.29) is 24.5 Å². The Hall–Kier alpha value is -1.10. The summed E-state index contributed by atoms with van der Waals surface area (Å²) in [5.41, 5.74) is 0. The van der Waals surface area contributed by atoms with E-state index in [1.165, 1.54) is 0 Å². The minimum Gasteiger partial charge on any atom is -0.481 e. The summed E-state index contributed by atoms with van der Waals surface area (Å²) in [5, 5.41) is 8.97. The highest BCUT2D eigenvalue weighted by atomic mass is 16.5. The average molecular weight is 227 g/mol. The highest BCUT2D eigenvalue weighted by Gasteiger charge is 2.41. The molecule has 2 fully saturated rings. The Kier molecular flexibility index (Phi) is 3.14. The molecule has 5 nitrogen and oxygen atoms in total. The number of amides is 1. The van der Waals surface area contributed by atoms with E-state index < -0.39 is 11.9 Å². The van der Waals surface area contributed by atoms with Gasteiger partial charge in [0.1, 0.15) is 0 Å². The van der Waals surface area contributed by atoms with Crippen LogP contribution in [0.3, 0.4) is 0 Å². The molecule has 2 saturated heterocycles. The quantitative estimate of drug-likeness (QED) is 0.761. The van der Waals surface area contributed by atoms with E-state index >= 15 is 0 Å². The van der Waals surface area contributed by atoms with Gasteiger partial charge in [0.15, 0.2) is 0 Å². The smallest absolute Gasteiger partial charge is 0.309 e. The predicted octanol–water partition coefficient (Wildman–Crippen LogP) is 0.487. The second-order valence-corrected chi connectivity index (χ2v) is 4.57. The van der Waals surface area contributed by atoms with Crippen LogP contribution >= 0.6 is 0 Å². The number of likely N-dealkylation sites (tertiary alicyclic amines) is 1. The van der Waals surface area contributed by atoms with Crippen molar-refractivity contribution < 1.29 is 19.4 Å². The fourth-order valence-electron chi connectivity index (χ4n) is 2.49. The second-order valence-electron chi connectivity index (χ2n) is 4.57. The molecule has 3 unspecified atom stereocenters. The molecule has 2 aliphatic rings. The molecule has 90 valence electrons. The molecule has 0 bridgehead atoms. The van der Waals surface area contributed by atoms with Crippen LogP contribution in [0, 0.1) is 5.92 Å². The van der Waals surface area contributed by atoms with E-state index in [1.54, 1.807) is 11.8 Å². The highest BCUT2D eigenvalue weighted by Crippen LogP contribution is 2.27. The van der Waals surface area contributed by atoms with E-state index in [4.69, 9.17) is 9.84 Å². The standard InChI is InChI=1S/C11H17NO4/c1-7-9(11(14)15)5-10(13)12(7)6-8-3-2-4-16-8/h7-9H,2-6H2,1H3,(H,14,15). The maximum absolute atomic E-state index is 11.7. The number of hydrogen-bond donors (Lipinski definition) is 1. The van der Waals surface area contributed by atoms with Gasteiger partial charge in [-0.15, -0.1) is 0 Å². The van der Waals surface area contributed by atoms with Crippen molar-refractivity contribution in [1.29, 1.82) is 0 Å². The third-order valence-electron chi connectivity index (χ3n) is 3.53. The predicted molar refractivity (Wildman–Crippen MR) is 55.9 cm³/mol. The van der Waals surface area contributed by atoms with E-state index in [0.29, 0.717) is 6.54 Å². The van der Waals surface area contributed by atoms with Crippen molar-refractivity contribution in [2.45, 2.75) is 38.3 Å². The van der Waals surface area contributed by atoms with Crippen LogP contribution in [0.1, 0.15) is 26.2 Å². The summed E-state index contributed by atoms with van der Waals surface area (Å²) in [5.74, 6) is -1.50. The average Bonchev–Trinajstić information content (AvgIpc) is 2.81. The summed E-state index contributed by atoms with van der Waals surface area (Å²) in [6, 6.07) is -0.214. The lowest BCUT2D eigenvalue weighted by atomic mass is 10.0. The van der Waals surface area contributed by atoms with Crippen molar-refractivity contribution in [3.8, 4) is 0 Å². The van der Waals surface area contributed by atoms with Gasteiger partial charge in [0.2, 0.25) is 5.91 Å². The van der Waals surface area contributed by atoms with E-state index in [1.807, 2.05) is 0 Å². The molecule has 0 radical (unpaired) electrons. The Balaban J connectivity index is 1.98. The Labute approximate surface area is 94.4 Å². The largest absolute Gasteiger partial charge is 0.481 e. The lowest BCUT2D eigenvalue weighted by molar-refractivity contribution is -0.142. The molecule has 0 aromatic heterocycles. The van der Waals surface area contributed by atoms with Crippen molar-refractivity contribution in [3.05, 3.63) is 0 Å². The summed E-state index contributed by atoms with van der Waals surface area (Å²) < 4.78 is 5.47. The Morgan fingerprint density at radius 2 is 2.38 bits per heavy atom. The maximum atomic E-state index is 11.7. The molecular formula is C11H17NO4. The summed E-state index contributed by atoms with van der Waals surface area (Å²) >= 11 is 0. The maximum Gasteiger partial charge on any atom is 0.309 e. The number of carbonyl (C=O) groups excluding carboxylic acids is 1. The van der Waals surface area contributed by atoms with Gasteiger partial charge < -0.3 is 14.7 Å². The fourth-order valence-corrected chi connectivity index (χ4v) is 2.49. The third-order valence-corrected chi connectivity index (χ3v) is 3.53. The van der Waals surface area contributed by atoms with Gasteiger partial charge in [-0.1, -0.05) is 0 Å². The molecule has 2 heterocycles. The zero-order valence-corrected chi connectivity index (χ0v) is 9.39. The first-order chi connectivity index (χ1) is 7.59. The van der Waals surface area contributed by atoms with Crippen LogP contribution in [-0.4, -0.2) is 47.2 Å². The number of nitrogens with zero attached hydrogens (tertiary/aromatic N) is 1. The molecule has 1 N–H and O–H groups in total. The van der Waals surface area contributed by atoms with Gasteiger partial charge in [-0.05, 0) is 19.8 Å². The number of carboxylic acid groups (broad SMARTS) is 1. The summed E-state index contributed by atoms with van der Waals surface area (Å²) in [4.78, 5) is 24.3. The van der Waals surface area contributed by atoms with Crippen LogP contribution in [0.4, 0.5) is 0 Å². The van der Waals surface area contributed by atoms with Crippen molar-refractivity contribution >= 4 is 11.9 Å². The molecule has 0 aromatic rings. The lowest BCUT2D eigenvalue weighted by Crippen LogP contribution is -2.39. The molecule has 0 saturated carbocycles. The molecule has 2 aliphatic heterocycles. The van der Waals surface area contributed by atoms with Gasteiger partial charge in [0.05, 0.1) is 12.0 Å². The van der Waals surface area contributed by atoms with Gasteiger partial charge in [0, 0.05) is 25.6 Å². The first-order valence-corrected chi connectivity index (χ1v) is 5.73. The van der Waals surface area contributed by atoms with Gasteiger partial charge in [-0.25, -0.2) is 0 Å². The van der Waals surface area contributed by atoms with Crippen LogP contribution in [0.25, 0.3) is 0 Å². The van der Waals surface area contributed by atoms with Gasteiger partial charge >= 0.3 is 5.97 Å². The topological polar surface area (TPSA) is 66.8 Å². The van der Waals surface area contributed by atoms with E-state index in [2.05, 4.69) is 0 Å². The van der Waals surface area contributed by atoms with Crippen molar-refractivity contribution in [1.82, 2.24) is 4.90 Å². The minimum atomic E-state index is -0.879. The normalized spacial score (nSPS) is 34.7. The first kappa shape index (κ1) is 11.4. The summed E-state index contributed by atoms with van der Waals surface area (Å²) in [7, 11) is 0. The first-order valence-electron chi connectivity index (χ1n) is 5.73. The van der Waals surface area contributed by atoms with Gasteiger partial charge in [0.25, 0.3) is 0 Å². The van der Waals surface area contributed by atoms with E-state index in [9.17, 15) is 9.59 Å². The summed E-state index contributed by atoms with van der Waals surface area (Å²) in [6.07, 6.45) is 2.22. The van der Waals surface area contributed by atoms with E-state index in [0.717, 1.165) is 19.4 Å². The minimum absolute atomic E-state index is 0.0598. The summed E-state index contributed by atoms with van der Waals surface area (Å²) in [6.45, 7) is 3.10. The molecule has 0 aliphatic carbocycles. The Morgan fingerprint density at radius 3 is 2.88 bits per heavy atom. The van der Waals surface area contributed by atoms with Gasteiger partial charge in [-0.2, -0.15) is 0 Å². The fraction of sp³-hybridized carbons (Fsp3) is 0.818. The number of carboxylic acids is 1. The number of aliphatic carboxylic acids is 1. The van der Waals surface area contributed by atoms with Crippen LogP contribution in [0.2, 0.25) is 0 Å². The van der Waals surface area contributed by atoms with Gasteiger partial charge in [-0.3, -0.25) is 9.59 Å². The van der Waals surface area contributed by atoms with Crippen LogP contribution < -0.4 is 0 Å². The van der Waals surface area contributed by atoms with Crippen LogP contribution in [0.15, 0.2) is 0 Å². The number of rotatable bonds is 3.